The normalized spacial score (nSPS) is 12.9. The molecule has 9 heteroatoms. The lowest BCUT2D eigenvalue weighted by Gasteiger charge is -2.24. The third-order valence-electron chi connectivity index (χ3n) is 3.48. The van der Waals surface area contributed by atoms with Crippen molar-refractivity contribution in [3.63, 3.8) is 0 Å². The first-order valence-electron chi connectivity index (χ1n) is 7.63. The first-order chi connectivity index (χ1) is 12.6. The van der Waals surface area contributed by atoms with Crippen molar-refractivity contribution in [3.8, 4) is 5.75 Å². The Labute approximate surface area is 152 Å². The minimum atomic E-state index is -4.98. The van der Waals surface area contributed by atoms with Crippen molar-refractivity contribution in [2.75, 3.05) is 11.9 Å². The van der Waals surface area contributed by atoms with E-state index >= 15 is 0 Å². The molecule has 0 saturated carbocycles. The van der Waals surface area contributed by atoms with E-state index < -0.39 is 23.7 Å². The molecule has 0 radical (unpaired) electrons. The summed E-state index contributed by atoms with van der Waals surface area (Å²) in [6.45, 7) is 1.65. The molecule has 0 amide bonds. The van der Waals surface area contributed by atoms with E-state index in [1.165, 1.54) is 30.3 Å². The van der Waals surface area contributed by atoms with Crippen LogP contribution in [0.2, 0.25) is 0 Å². The maximum Gasteiger partial charge on any atom is 0.573 e. The Hall–Kier alpha value is -3.10. The highest BCUT2D eigenvalue weighted by Crippen LogP contribution is 2.31. The van der Waals surface area contributed by atoms with E-state index in [4.69, 9.17) is 5.73 Å². The average molecular weight is 385 g/mol. The number of aromatic nitrogens is 1. The molecule has 0 aliphatic carbocycles. The fourth-order valence-electron chi connectivity index (χ4n) is 2.24. The van der Waals surface area contributed by atoms with Gasteiger partial charge in [0.2, 0.25) is 0 Å². The van der Waals surface area contributed by atoms with Crippen LogP contribution in [-0.2, 0) is 0 Å². The average Bonchev–Trinajstić information content (AvgIpc) is 2.56. The van der Waals surface area contributed by atoms with Gasteiger partial charge in [0.05, 0.1) is 23.8 Å². The van der Waals surface area contributed by atoms with E-state index in [2.05, 4.69) is 9.72 Å². The van der Waals surface area contributed by atoms with Gasteiger partial charge in [0.15, 0.2) is 0 Å². The van der Waals surface area contributed by atoms with Gasteiger partial charge in [-0.15, -0.1) is 13.2 Å². The number of pyridine rings is 1. The molecule has 0 aliphatic rings. The Morgan fingerprint density at radius 1 is 1.11 bits per heavy atom. The molecule has 0 unspecified atom stereocenters. The van der Waals surface area contributed by atoms with E-state index in [0.29, 0.717) is 6.07 Å². The van der Waals surface area contributed by atoms with Gasteiger partial charge >= 0.3 is 6.36 Å². The van der Waals surface area contributed by atoms with Crippen LogP contribution in [0.3, 0.4) is 0 Å². The first kappa shape index (κ1) is 20.2. The SMILES string of the molecule is C/C=C(N)\C=C(\c1cc(F)cc(OC(F)(F)F)c1)N(C)c1cncc(F)c1. The molecule has 0 aliphatic heterocycles. The van der Waals surface area contributed by atoms with Gasteiger partial charge in [-0.2, -0.15) is 0 Å². The molecule has 0 atom stereocenters. The molecule has 1 heterocycles. The highest BCUT2D eigenvalue weighted by Gasteiger charge is 2.31. The summed E-state index contributed by atoms with van der Waals surface area (Å²) in [5.74, 6) is -2.28. The van der Waals surface area contributed by atoms with E-state index in [1.54, 1.807) is 13.0 Å². The zero-order chi connectivity index (χ0) is 20.2. The molecule has 2 aromatic rings. The van der Waals surface area contributed by atoms with Gasteiger partial charge in [0.25, 0.3) is 0 Å². The van der Waals surface area contributed by atoms with Crippen LogP contribution in [0.4, 0.5) is 27.6 Å². The molecule has 0 saturated heterocycles. The summed E-state index contributed by atoms with van der Waals surface area (Å²) in [6, 6.07) is 3.80. The van der Waals surface area contributed by atoms with E-state index in [-0.39, 0.29) is 22.6 Å². The van der Waals surface area contributed by atoms with Crippen molar-refractivity contribution >= 4 is 11.4 Å². The number of nitrogens with two attached hydrogens (primary N) is 1. The summed E-state index contributed by atoms with van der Waals surface area (Å²) in [5, 5.41) is 0. The zero-order valence-electron chi connectivity index (χ0n) is 14.4. The first-order valence-corrected chi connectivity index (χ1v) is 7.63. The lowest BCUT2D eigenvalue weighted by atomic mass is 10.1. The molecule has 0 bridgehead atoms. The van der Waals surface area contributed by atoms with Crippen molar-refractivity contribution in [3.05, 3.63) is 71.7 Å². The second-order valence-corrected chi connectivity index (χ2v) is 5.46. The number of allylic oxidation sites excluding steroid dienone is 2. The van der Waals surface area contributed by atoms with Crippen LogP contribution < -0.4 is 15.4 Å². The van der Waals surface area contributed by atoms with Crippen LogP contribution >= 0.6 is 0 Å². The lowest BCUT2D eigenvalue weighted by Crippen LogP contribution is -2.19. The molecular weight excluding hydrogens is 369 g/mol. The maximum atomic E-state index is 13.9. The van der Waals surface area contributed by atoms with Crippen LogP contribution in [0.1, 0.15) is 12.5 Å². The topological polar surface area (TPSA) is 51.4 Å². The number of alkyl halides is 3. The predicted octanol–water partition coefficient (Wildman–Crippen LogP) is 4.60. The molecular formula is C18H16F5N3O. The summed E-state index contributed by atoms with van der Waals surface area (Å²) in [4.78, 5) is 5.14. The Kier molecular flexibility index (Phi) is 6.04. The molecule has 4 nitrogen and oxygen atoms in total. The van der Waals surface area contributed by atoms with Gasteiger partial charge in [-0.05, 0) is 25.1 Å². The monoisotopic (exact) mass is 385 g/mol. The molecule has 0 fully saturated rings. The Morgan fingerprint density at radius 3 is 2.41 bits per heavy atom. The van der Waals surface area contributed by atoms with Crippen LogP contribution in [0, 0.1) is 11.6 Å². The number of halogens is 5. The van der Waals surface area contributed by atoms with E-state index in [9.17, 15) is 22.0 Å². The third kappa shape index (κ3) is 5.70. The van der Waals surface area contributed by atoms with Gasteiger partial charge in [0.1, 0.15) is 17.4 Å². The van der Waals surface area contributed by atoms with Crippen molar-refractivity contribution in [2.45, 2.75) is 13.3 Å². The lowest BCUT2D eigenvalue weighted by molar-refractivity contribution is -0.274. The quantitative estimate of drug-likeness (QED) is 0.604. The summed E-state index contributed by atoms with van der Waals surface area (Å²) in [6.07, 6.45) is 0.324. The number of nitrogens with zero attached hydrogens (tertiary/aromatic N) is 2. The Morgan fingerprint density at radius 2 is 1.81 bits per heavy atom. The number of benzene rings is 1. The zero-order valence-corrected chi connectivity index (χ0v) is 14.4. The molecule has 0 spiro atoms. The van der Waals surface area contributed by atoms with Crippen molar-refractivity contribution in [1.82, 2.24) is 4.98 Å². The minimum Gasteiger partial charge on any atom is -0.406 e. The smallest absolute Gasteiger partial charge is 0.406 e. The van der Waals surface area contributed by atoms with E-state index in [0.717, 1.165) is 18.3 Å². The largest absolute Gasteiger partial charge is 0.573 e. The highest BCUT2D eigenvalue weighted by atomic mass is 19.4. The van der Waals surface area contributed by atoms with Gasteiger partial charge in [-0.1, -0.05) is 6.08 Å². The maximum absolute atomic E-state index is 13.9. The molecule has 2 N–H and O–H groups in total. The van der Waals surface area contributed by atoms with E-state index in [1.807, 2.05) is 0 Å². The van der Waals surface area contributed by atoms with Crippen molar-refractivity contribution in [2.24, 2.45) is 5.73 Å². The summed E-state index contributed by atoms with van der Waals surface area (Å²) in [7, 11) is 1.51. The number of anilines is 1. The van der Waals surface area contributed by atoms with Crippen molar-refractivity contribution in [1.29, 1.82) is 0 Å². The Balaban J connectivity index is 2.57. The molecule has 1 aromatic heterocycles. The summed E-state index contributed by atoms with van der Waals surface area (Å²) in [5.41, 5.74) is 6.61. The fraction of sp³-hybridized carbons (Fsp3) is 0.167. The minimum absolute atomic E-state index is 0.0470. The highest BCUT2D eigenvalue weighted by molar-refractivity contribution is 5.80. The predicted molar refractivity (Wildman–Crippen MR) is 91.6 cm³/mol. The van der Waals surface area contributed by atoms with Gasteiger partial charge in [0, 0.05) is 30.4 Å². The third-order valence-corrected chi connectivity index (χ3v) is 3.48. The van der Waals surface area contributed by atoms with Gasteiger partial charge in [-0.25, -0.2) is 8.78 Å². The standard InChI is InChI=1S/C18H16F5N3O/c1-3-14(24)8-17(26(2)15-6-13(20)9-25-10-15)11-4-12(19)7-16(5-11)27-18(21,22)23/h3-10H,24H2,1-2H3/b14-3+,17-8-. The summed E-state index contributed by atoms with van der Waals surface area (Å²) >= 11 is 0. The molecule has 144 valence electrons. The molecule has 27 heavy (non-hydrogen) atoms. The van der Waals surface area contributed by atoms with Crippen LogP contribution in [0.5, 0.6) is 5.75 Å². The van der Waals surface area contributed by atoms with Crippen molar-refractivity contribution < 1.29 is 26.7 Å². The number of hydrogen-bond acceptors (Lipinski definition) is 4. The fourth-order valence-corrected chi connectivity index (χ4v) is 2.24. The van der Waals surface area contributed by atoms with Crippen LogP contribution in [0.15, 0.2) is 54.5 Å². The second kappa shape index (κ2) is 8.07. The second-order valence-electron chi connectivity index (χ2n) is 5.46. The van der Waals surface area contributed by atoms with Gasteiger partial charge in [-0.3, -0.25) is 4.98 Å². The summed E-state index contributed by atoms with van der Waals surface area (Å²) < 4.78 is 68.7. The van der Waals surface area contributed by atoms with Crippen LogP contribution in [-0.4, -0.2) is 18.4 Å². The number of ether oxygens (including phenoxy) is 1. The number of hydrogen-bond donors (Lipinski definition) is 1. The Bertz CT molecular complexity index is 878. The molecule has 1 aromatic carbocycles. The number of rotatable bonds is 5. The van der Waals surface area contributed by atoms with Gasteiger partial charge < -0.3 is 15.4 Å². The molecule has 2 rings (SSSR count). The van der Waals surface area contributed by atoms with Crippen LogP contribution in [0.25, 0.3) is 5.70 Å².